The summed E-state index contributed by atoms with van der Waals surface area (Å²) in [6, 6.07) is 27.1. The second-order valence-electron chi connectivity index (χ2n) is 6.07. The van der Waals surface area contributed by atoms with Crippen molar-refractivity contribution in [3.63, 3.8) is 0 Å². The van der Waals surface area contributed by atoms with Crippen molar-refractivity contribution in [2.75, 3.05) is 0 Å². The normalized spacial score (nSPS) is 11.3. The van der Waals surface area contributed by atoms with Gasteiger partial charge in [0.15, 0.2) is 5.82 Å². The number of aromatic nitrogens is 2. The van der Waals surface area contributed by atoms with E-state index in [1.165, 1.54) is 20.2 Å². The Morgan fingerprint density at radius 2 is 1.42 bits per heavy atom. The Balaban J connectivity index is 1.67. The van der Waals surface area contributed by atoms with Crippen LogP contribution in [0.25, 0.3) is 42.8 Å². The SMILES string of the molecule is Brc1cc(-c2ccc3c(c2)sc2ccccc23)nc(-c2ccccc2)n1. The minimum Gasteiger partial charge on any atom is -0.228 e. The van der Waals surface area contributed by atoms with Gasteiger partial charge in [-0.2, -0.15) is 0 Å². The Hall–Kier alpha value is -2.56. The molecule has 2 nitrogen and oxygen atoms in total. The molecule has 0 saturated carbocycles. The number of rotatable bonds is 2. The van der Waals surface area contributed by atoms with Crippen LogP contribution in [0, 0.1) is 0 Å². The van der Waals surface area contributed by atoms with Gasteiger partial charge in [-0.05, 0) is 34.1 Å². The number of halogens is 1. The first-order chi connectivity index (χ1) is 12.8. The molecule has 0 N–H and O–H groups in total. The number of benzene rings is 3. The minimum atomic E-state index is 0.728. The maximum absolute atomic E-state index is 4.80. The average molecular weight is 417 g/mol. The molecule has 5 aromatic rings. The van der Waals surface area contributed by atoms with Gasteiger partial charge in [-0.15, -0.1) is 11.3 Å². The number of fused-ring (bicyclic) bond motifs is 3. The summed E-state index contributed by atoms with van der Waals surface area (Å²) in [5.41, 5.74) is 3.03. The van der Waals surface area contributed by atoms with Crippen LogP contribution < -0.4 is 0 Å². The molecular weight excluding hydrogens is 404 g/mol. The van der Waals surface area contributed by atoms with Crippen molar-refractivity contribution in [1.29, 1.82) is 0 Å². The molecular formula is C22H13BrN2S. The Morgan fingerprint density at radius 1 is 0.654 bits per heavy atom. The number of nitrogens with zero attached hydrogens (tertiary/aromatic N) is 2. The van der Waals surface area contributed by atoms with E-state index in [1.54, 1.807) is 0 Å². The van der Waals surface area contributed by atoms with Crippen LogP contribution in [0.3, 0.4) is 0 Å². The first-order valence-corrected chi connectivity index (χ1v) is 9.90. The van der Waals surface area contributed by atoms with E-state index in [1.807, 2.05) is 47.7 Å². The summed E-state index contributed by atoms with van der Waals surface area (Å²) >= 11 is 5.36. The molecule has 0 aliphatic rings. The Kier molecular flexibility index (Phi) is 3.80. The molecule has 4 heteroatoms. The van der Waals surface area contributed by atoms with Gasteiger partial charge in [0.25, 0.3) is 0 Å². The fourth-order valence-electron chi connectivity index (χ4n) is 3.17. The van der Waals surface area contributed by atoms with Gasteiger partial charge in [0, 0.05) is 31.3 Å². The maximum atomic E-state index is 4.80. The second kappa shape index (κ2) is 6.31. The highest BCUT2D eigenvalue weighted by atomic mass is 79.9. The third-order valence-electron chi connectivity index (χ3n) is 4.40. The number of hydrogen-bond acceptors (Lipinski definition) is 3. The molecule has 0 amide bonds. The molecule has 5 rings (SSSR count). The molecule has 2 aromatic heterocycles. The zero-order valence-electron chi connectivity index (χ0n) is 13.7. The Morgan fingerprint density at radius 3 is 2.31 bits per heavy atom. The average Bonchev–Trinajstić information content (AvgIpc) is 3.06. The number of hydrogen-bond donors (Lipinski definition) is 0. The van der Waals surface area contributed by atoms with Crippen LogP contribution in [0.1, 0.15) is 0 Å². The van der Waals surface area contributed by atoms with Crippen molar-refractivity contribution < 1.29 is 0 Å². The summed E-state index contributed by atoms with van der Waals surface area (Å²) < 4.78 is 3.38. The van der Waals surface area contributed by atoms with Crippen molar-refractivity contribution >= 4 is 47.4 Å². The molecule has 0 fully saturated rings. The molecule has 0 aliphatic heterocycles. The van der Waals surface area contributed by atoms with Crippen molar-refractivity contribution in [3.8, 4) is 22.6 Å². The van der Waals surface area contributed by atoms with Crippen LogP contribution in [0.15, 0.2) is 83.5 Å². The molecule has 0 aliphatic carbocycles. The monoisotopic (exact) mass is 416 g/mol. The van der Waals surface area contributed by atoms with Crippen LogP contribution in [0.2, 0.25) is 0 Å². The molecule has 124 valence electrons. The Bertz CT molecular complexity index is 1250. The van der Waals surface area contributed by atoms with Gasteiger partial charge < -0.3 is 0 Å². The standard InChI is InChI=1S/C22H13BrN2S/c23-21-13-18(24-22(25-21)14-6-2-1-3-7-14)15-10-11-17-16-8-4-5-9-19(16)26-20(17)12-15/h1-13H. The highest BCUT2D eigenvalue weighted by Gasteiger charge is 2.10. The summed E-state index contributed by atoms with van der Waals surface area (Å²) in [6.45, 7) is 0. The van der Waals surface area contributed by atoms with Gasteiger partial charge >= 0.3 is 0 Å². The van der Waals surface area contributed by atoms with Crippen molar-refractivity contribution in [2.24, 2.45) is 0 Å². The lowest BCUT2D eigenvalue weighted by atomic mass is 10.1. The lowest BCUT2D eigenvalue weighted by Gasteiger charge is -2.06. The summed E-state index contributed by atoms with van der Waals surface area (Å²) in [5.74, 6) is 0.728. The molecule has 3 aromatic carbocycles. The van der Waals surface area contributed by atoms with Gasteiger partial charge in [-0.1, -0.05) is 60.7 Å². The first kappa shape index (κ1) is 15.7. The fourth-order valence-corrected chi connectivity index (χ4v) is 4.70. The molecule has 26 heavy (non-hydrogen) atoms. The summed E-state index contributed by atoms with van der Waals surface area (Å²) in [7, 11) is 0. The highest BCUT2D eigenvalue weighted by Crippen LogP contribution is 2.36. The summed E-state index contributed by atoms with van der Waals surface area (Å²) in [6.07, 6.45) is 0. The van der Waals surface area contributed by atoms with Crippen molar-refractivity contribution in [2.45, 2.75) is 0 Å². The maximum Gasteiger partial charge on any atom is 0.161 e. The van der Waals surface area contributed by atoms with Gasteiger partial charge in [0.1, 0.15) is 4.60 Å². The van der Waals surface area contributed by atoms with E-state index in [0.29, 0.717) is 0 Å². The van der Waals surface area contributed by atoms with Crippen LogP contribution >= 0.6 is 27.3 Å². The molecule has 0 radical (unpaired) electrons. The van der Waals surface area contributed by atoms with Crippen LogP contribution in [-0.2, 0) is 0 Å². The third-order valence-corrected chi connectivity index (χ3v) is 5.94. The molecule has 0 unspecified atom stereocenters. The molecule has 0 spiro atoms. The van der Waals surface area contributed by atoms with Crippen LogP contribution in [0.5, 0.6) is 0 Å². The quantitative estimate of drug-likeness (QED) is 0.291. The second-order valence-corrected chi connectivity index (χ2v) is 7.97. The van der Waals surface area contributed by atoms with Gasteiger partial charge in [0.05, 0.1) is 5.69 Å². The van der Waals surface area contributed by atoms with Gasteiger partial charge in [-0.25, -0.2) is 9.97 Å². The number of thiophene rings is 1. The van der Waals surface area contributed by atoms with Crippen LogP contribution in [-0.4, -0.2) is 9.97 Å². The van der Waals surface area contributed by atoms with Crippen molar-refractivity contribution in [1.82, 2.24) is 9.97 Å². The van der Waals surface area contributed by atoms with E-state index in [0.717, 1.165) is 27.2 Å². The van der Waals surface area contributed by atoms with E-state index in [-0.39, 0.29) is 0 Å². The zero-order valence-corrected chi connectivity index (χ0v) is 16.1. The smallest absolute Gasteiger partial charge is 0.161 e. The lowest BCUT2D eigenvalue weighted by molar-refractivity contribution is 1.15. The van der Waals surface area contributed by atoms with E-state index < -0.39 is 0 Å². The summed E-state index contributed by atoms with van der Waals surface area (Å²) in [4.78, 5) is 9.33. The molecule has 0 saturated heterocycles. The molecule has 2 heterocycles. The lowest BCUT2D eigenvalue weighted by Crippen LogP contribution is -1.93. The van der Waals surface area contributed by atoms with E-state index in [4.69, 9.17) is 4.98 Å². The largest absolute Gasteiger partial charge is 0.228 e. The van der Waals surface area contributed by atoms with E-state index in [2.05, 4.69) is 63.4 Å². The van der Waals surface area contributed by atoms with E-state index in [9.17, 15) is 0 Å². The topological polar surface area (TPSA) is 25.8 Å². The predicted octanol–water partition coefficient (Wildman–Crippen LogP) is 6.94. The van der Waals surface area contributed by atoms with Gasteiger partial charge in [-0.3, -0.25) is 0 Å². The summed E-state index contributed by atoms with van der Waals surface area (Å²) in [5, 5.41) is 2.61. The van der Waals surface area contributed by atoms with Crippen molar-refractivity contribution in [3.05, 3.63) is 83.5 Å². The molecule has 0 bridgehead atoms. The minimum absolute atomic E-state index is 0.728. The fraction of sp³-hybridized carbons (Fsp3) is 0. The van der Waals surface area contributed by atoms with E-state index >= 15 is 0 Å². The Labute approximate surface area is 163 Å². The predicted molar refractivity (Wildman–Crippen MR) is 113 cm³/mol. The zero-order chi connectivity index (χ0) is 17.5. The van der Waals surface area contributed by atoms with Gasteiger partial charge in [0.2, 0.25) is 0 Å². The first-order valence-electron chi connectivity index (χ1n) is 8.30. The van der Waals surface area contributed by atoms with Crippen LogP contribution in [0.4, 0.5) is 0 Å². The third kappa shape index (κ3) is 2.71. The highest BCUT2D eigenvalue weighted by molar-refractivity contribution is 9.10. The molecule has 0 atom stereocenters.